The van der Waals surface area contributed by atoms with Gasteiger partial charge in [0.15, 0.2) is 11.4 Å². The van der Waals surface area contributed by atoms with Gasteiger partial charge in [0.2, 0.25) is 0 Å². The van der Waals surface area contributed by atoms with Crippen LogP contribution in [0.3, 0.4) is 0 Å². The van der Waals surface area contributed by atoms with Crippen LogP contribution < -0.4 is 14.8 Å². The summed E-state index contributed by atoms with van der Waals surface area (Å²) in [7, 11) is 1.57. The van der Waals surface area contributed by atoms with E-state index < -0.39 is 22.9 Å². The van der Waals surface area contributed by atoms with Crippen molar-refractivity contribution in [3.8, 4) is 29.1 Å². The number of benzene rings is 2. The second kappa shape index (κ2) is 10.1. The molecule has 188 valence electrons. The summed E-state index contributed by atoms with van der Waals surface area (Å²) in [6.07, 6.45) is 0. The molecule has 0 atom stereocenters. The molecule has 1 aromatic heterocycles. The van der Waals surface area contributed by atoms with Gasteiger partial charge < -0.3 is 24.6 Å². The molecule has 0 aliphatic carbocycles. The maximum absolute atomic E-state index is 12.9. The Labute approximate surface area is 209 Å². The lowest BCUT2D eigenvalue weighted by Crippen LogP contribution is -2.42. The number of ether oxygens (including phenoxy) is 3. The Morgan fingerprint density at radius 2 is 1.61 bits per heavy atom. The number of nitrogens with zero attached hydrogens (tertiary/aromatic N) is 2. The standard InChI is InChI=1S/C27H29N3O6/c1-26(2,3)36-25(33)27(4,5)15-29-24(32)22-23(31)19-12-11-18(13-20(19)21(14-28)30-22)35-17-9-7-16(34-6)8-10-17/h7-13,31H,15H2,1-6H3,(H,29,32). The summed E-state index contributed by atoms with van der Waals surface area (Å²) in [5.74, 6) is 0.0694. The molecule has 1 amide bonds. The van der Waals surface area contributed by atoms with E-state index in [1.54, 1.807) is 84.2 Å². The molecule has 0 fully saturated rings. The van der Waals surface area contributed by atoms with Gasteiger partial charge in [-0.3, -0.25) is 9.59 Å². The number of aromatic hydroxyl groups is 1. The molecule has 9 nitrogen and oxygen atoms in total. The minimum Gasteiger partial charge on any atom is -0.505 e. The third-order valence-corrected chi connectivity index (χ3v) is 5.21. The van der Waals surface area contributed by atoms with E-state index in [0.29, 0.717) is 22.6 Å². The molecule has 9 heteroatoms. The van der Waals surface area contributed by atoms with Crippen LogP contribution in [0.25, 0.3) is 10.8 Å². The summed E-state index contributed by atoms with van der Waals surface area (Å²) >= 11 is 0. The summed E-state index contributed by atoms with van der Waals surface area (Å²) in [4.78, 5) is 29.4. The molecule has 1 heterocycles. The van der Waals surface area contributed by atoms with Crippen LogP contribution in [-0.2, 0) is 9.53 Å². The van der Waals surface area contributed by atoms with Gasteiger partial charge in [0.25, 0.3) is 5.91 Å². The number of hydrogen-bond acceptors (Lipinski definition) is 8. The van der Waals surface area contributed by atoms with E-state index in [1.807, 2.05) is 6.07 Å². The quantitative estimate of drug-likeness (QED) is 0.454. The zero-order valence-corrected chi connectivity index (χ0v) is 21.1. The normalized spacial score (nSPS) is 11.5. The van der Waals surface area contributed by atoms with Crippen LogP contribution in [0.15, 0.2) is 42.5 Å². The Kier molecular flexibility index (Phi) is 7.39. The molecule has 0 spiro atoms. The highest BCUT2D eigenvalue weighted by molar-refractivity contribution is 6.03. The maximum Gasteiger partial charge on any atom is 0.313 e. The summed E-state index contributed by atoms with van der Waals surface area (Å²) in [5, 5.41) is 23.7. The molecule has 0 saturated carbocycles. The van der Waals surface area contributed by atoms with Crippen LogP contribution in [0.1, 0.15) is 50.8 Å². The highest BCUT2D eigenvalue weighted by atomic mass is 16.6. The number of methoxy groups -OCH3 is 1. The number of esters is 1. The lowest BCUT2D eigenvalue weighted by molar-refractivity contribution is -0.165. The van der Waals surface area contributed by atoms with Crippen molar-refractivity contribution < 1.29 is 28.9 Å². The topological polar surface area (TPSA) is 131 Å². The van der Waals surface area contributed by atoms with E-state index in [-0.39, 0.29) is 29.1 Å². The number of aromatic nitrogens is 1. The van der Waals surface area contributed by atoms with Gasteiger partial charge in [-0.05, 0) is 77.1 Å². The van der Waals surface area contributed by atoms with Crippen LogP contribution in [0, 0.1) is 16.7 Å². The van der Waals surface area contributed by atoms with Crippen LogP contribution in [0.2, 0.25) is 0 Å². The summed E-state index contributed by atoms with van der Waals surface area (Å²) < 4.78 is 16.4. The van der Waals surface area contributed by atoms with Gasteiger partial charge in [-0.2, -0.15) is 5.26 Å². The molecule has 0 unspecified atom stereocenters. The Bertz CT molecular complexity index is 1330. The van der Waals surface area contributed by atoms with E-state index >= 15 is 0 Å². The van der Waals surface area contributed by atoms with Gasteiger partial charge in [-0.15, -0.1) is 0 Å². The SMILES string of the molecule is COc1ccc(Oc2ccc3c(O)c(C(=O)NCC(C)(C)C(=O)OC(C)(C)C)nc(C#N)c3c2)cc1. The van der Waals surface area contributed by atoms with Crippen LogP contribution in [-0.4, -0.2) is 41.2 Å². The van der Waals surface area contributed by atoms with E-state index in [2.05, 4.69) is 10.3 Å². The number of nitrogens with one attached hydrogen (secondary N) is 1. The maximum atomic E-state index is 12.9. The molecular formula is C27H29N3O6. The van der Waals surface area contributed by atoms with Crippen molar-refractivity contribution >= 4 is 22.6 Å². The van der Waals surface area contributed by atoms with Crippen molar-refractivity contribution in [3.63, 3.8) is 0 Å². The van der Waals surface area contributed by atoms with Crippen molar-refractivity contribution in [2.45, 2.75) is 40.2 Å². The van der Waals surface area contributed by atoms with Crippen molar-refractivity contribution in [3.05, 3.63) is 53.9 Å². The minimum absolute atomic E-state index is 0.0560. The van der Waals surface area contributed by atoms with Crippen molar-refractivity contribution in [2.75, 3.05) is 13.7 Å². The first-order chi connectivity index (χ1) is 16.8. The Morgan fingerprint density at radius 1 is 1.00 bits per heavy atom. The van der Waals surface area contributed by atoms with Gasteiger partial charge in [-0.1, -0.05) is 0 Å². The van der Waals surface area contributed by atoms with Crippen LogP contribution >= 0.6 is 0 Å². The first kappa shape index (κ1) is 26.3. The molecule has 3 rings (SSSR count). The van der Waals surface area contributed by atoms with E-state index in [9.17, 15) is 20.0 Å². The lowest BCUT2D eigenvalue weighted by atomic mass is 9.93. The van der Waals surface area contributed by atoms with Gasteiger partial charge in [0, 0.05) is 17.3 Å². The number of hydrogen-bond donors (Lipinski definition) is 2. The molecule has 0 saturated heterocycles. The molecule has 0 bridgehead atoms. The fraction of sp³-hybridized carbons (Fsp3) is 0.333. The van der Waals surface area contributed by atoms with Gasteiger partial charge in [0.1, 0.15) is 34.6 Å². The van der Waals surface area contributed by atoms with Crippen molar-refractivity contribution in [2.24, 2.45) is 5.41 Å². The fourth-order valence-electron chi connectivity index (χ4n) is 3.24. The highest BCUT2D eigenvalue weighted by Crippen LogP contribution is 2.34. The van der Waals surface area contributed by atoms with Gasteiger partial charge in [0.05, 0.1) is 12.5 Å². The Balaban J connectivity index is 1.85. The average molecular weight is 492 g/mol. The number of pyridine rings is 1. The van der Waals surface area contributed by atoms with Crippen LogP contribution in [0.5, 0.6) is 23.0 Å². The second-order valence-electron chi connectivity index (χ2n) is 9.82. The van der Waals surface area contributed by atoms with E-state index in [1.165, 1.54) is 0 Å². The number of fused-ring (bicyclic) bond motifs is 1. The Hall–Kier alpha value is -4.32. The molecule has 2 aromatic carbocycles. The lowest BCUT2D eigenvalue weighted by Gasteiger charge is -2.28. The third kappa shape index (κ3) is 6.02. The third-order valence-electron chi connectivity index (χ3n) is 5.21. The zero-order valence-electron chi connectivity index (χ0n) is 21.1. The zero-order chi connectivity index (χ0) is 26.7. The average Bonchev–Trinajstić information content (AvgIpc) is 2.82. The van der Waals surface area contributed by atoms with Crippen molar-refractivity contribution in [1.82, 2.24) is 10.3 Å². The summed E-state index contributed by atoms with van der Waals surface area (Å²) in [6.45, 7) is 8.49. The number of carbonyl (C=O) groups is 2. The second-order valence-corrected chi connectivity index (χ2v) is 9.82. The number of rotatable bonds is 7. The van der Waals surface area contributed by atoms with Crippen molar-refractivity contribution in [1.29, 1.82) is 5.26 Å². The summed E-state index contributed by atoms with van der Waals surface area (Å²) in [6, 6.07) is 13.7. The summed E-state index contributed by atoms with van der Waals surface area (Å²) in [5.41, 5.74) is -2.07. The first-order valence-corrected chi connectivity index (χ1v) is 11.2. The minimum atomic E-state index is -1.03. The van der Waals surface area contributed by atoms with E-state index in [0.717, 1.165) is 0 Å². The van der Waals surface area contributed by atoms with Crippen LogP contribution in [0.4, 0.5) is 0 Å². The predicted molar refractivity (Wildman–Crippen MR) is 133 cm³/mol. The highest BCUT2D eigenvalue weighted by Gasteiger charge is 2.33. The molecule has 0 radical (unpaired) electrons. The van der Waals surface area contributed by atoms with Gasteiger partial charge >= 0.3 is 5.97 Å². The molecule has 3 aromatic rings. The molecule has 0 aliphatic heterocycles. The number of nitriles is 1. The molecule has 2 N–H and O–H groups in total. The molecule has 0 aliphatic rings. The fourth-order valence-corrected chi connectivity index (χ4v) is 3.24. The number of carbonyl (C=O) groups excluding carboxylic acids is 2. The number of amides is 1. The van der Waals surface area contributed by atoms with E-state index in [4.69, 9.17) is 14.2 Å². The first-order valence-electron chi connectivity index (χ1n) is 11.2. The largest absolute Gasteiger partial charge is 0.505 e. The molecule has 36 heavy (non-hydrogen) atoms. The Morgan fingerprint density at radius 3 is 2.19 bits per heavy atom. The smallest absolute Gasteiger partial charge is 0.313 e. The molecular weight excluding hydrogens is 462 g/mol. The predicted octanol–water partition coefficient (Wildman–Crippen LogP) is 4.71. The monoisotopic (exact) mass is 491 g/mol. The van der Waals surface area contributed by atoms with Gasteiger partial charge in [-0.25, -0.2) is 4.98 Å².